The van der Waals surface area contributed by atoms with Crippen molar-refractivity contribution in [2.45, 2.75) is 12.5 Å². The Labute approximate surface area is 222 Å². The van der Waals surface area contributed by atoms with Crippen molar-refractivity contribution in [1.82, 2.24) is 19.8 Å². The SMILES string of the molecule is O=C(c1ncn(-c2ccc3c(c2)NCCO3)c1-c1ccccc1)N1CCNC[C@H]1CCOc1ccccc1. The Balaban J connectivity index is 1.30. The van der Waals surface area contributed by atoms with Crippen molar-refractivity contribution in [3.05, 3.63) is 90.9 Å². The van der Waals surface area contributed by atoms with E-state index in [1.54, 1.807) is 6.33 Å². The van der Waals surface area contributed by atoms with Crippen molar-refractivity contribution in [2.24, 2.45) is 0 Å². The van der Waals surface area contributed by atoms with Gasteiger partial charge < -0.3 is 25.0 Å². The minimum absolute atomic E-state index is 0.0128. The third-order valence-electron chi connectivity index (χ3n) is 7.01. The summed E-state index contributed by atoms with van der Waals surface area (Å²) < 4.78 is 13.7. The van der Waals surface area contributed by atoms with Gasteiger partial charge in [-0.3, -0.25) is 9.36 Å². The second kappa shape index (κ2) is 11.0. The second-order valence-electron chi connectivity index (χ2n) is 9.44. The molecule has 38 heavy (non-hydrogen) atoms. The molecule has 2 aliphatic rings. The number of hydrogen-bond acceptors (Lipinski definition) is 6. The first-order chi connectivity index (χ1) is 18.8. The monoisotopic (exact) mass is 509 g/mol. The predicted molar refractivity (Wildman–Crippen MR) is 147 cm³/mol. The Morgan fingerprint density at radius 3 is 2.68 bits per heavy atom. The molecule has 6 rings (SSSR count). The first-order valence-electron chi connectivity index (χ1n) is 13.1. The van der Waals surface area contributed by atoms with E-state index >= 15 is 0 Å². The van der Waals surface area contributed by atoms with Crippen LogP contribution in [0.4, 0.5) is 5.69 Å². The highest BCUT2D eigenvalue weighted by atomic mass is 16.5. The molecular weight excluding hydrogens is 478 g/mol. The molecule has 4 aromatic rings. The summed E-state index contributed by atoms with van der Waals surface area (Å²) in [6.45, 7) is 4.03. The van der Waals surface area contributed by atoms with Crippen molar-refractivity contribution in [3.63, 3.8) is 0 Å². The van der Waals surface area contributed by atoms with Crippen LogP contribution in [0.5, 0.6) is 11.5 Å². The smallest absolute Gasteiger partial charge is 0.275 e. The minimum Gasteiger partial charge on any atom is -0.494 e. The van der Waals surface area contributed by atoms with Gasteiger partial charge in [0.05, 0.1) is 18.0 Å². The number of carbonyl (C=O) groups is 1. The highest BCUT2D eigenvalue weighted by Crippen LogP contribution is 2.33. The van der Waals surface area contributed by atoms with Crippen molar-refractivity contribution >= 4 is 11.6 Å². The maximum atomic E-state index is 14.1. The summed E-state index contributed by atoms with van der Waals surface area (Å²) in [6, 6.07) is 25.8. The molecule has 0 spiro atoms. The molecule has 0 saturated carbocycles. The third kappa shape index (κ3) is 4.95. The zero-order valence-electron chi connectivity index (χ0n) is 21.2. The lowest BCUT2D eigenvalue weighted by Gasteiger charge is -2.36. The van der Waals surface area contributed by atoms with Crippen molar-refractivity contribution in [2.75, 3.05) is 44.7 Å². The quantitative estimate of drug-likeness (QED) is 0.388. The molecule has 2 aliphatic heterocycles. The van der Waals surface area contributed by atoms with Crippen LogP contribution in [0.15, 0.2) is 85.2 Å². The van der Waals surface area contributed by atoms with E-state index in [1.807, 2.05) is 88.3 Å². The van der Waals surface area contributed by atoms with E-state index in [2.05, 4.69) is 15.6 Å². The zero-order valence-corrected chi connectivity index (χ0v) is 21.2. The lowest BCUT2D eigenvalue weighted by Crippen LogP contribution is -2.54. The van der Waals surface area contributed by atoms with Gasteiger partial charge >= 0.3 is 0 Å². The predicted octanol–water partition coefficient (Wildman–Crippen LogP) is 4.23. The van der Waals surface area contributed by atoms with Gasteiger partial charge in [-0.15, -0.1) is 0 Å². The summed E-state index contributed by atoms with van der Waals surface area (Å²) in [4.78, 5) is 20.7. The number of anilines is 1. The van der Waals surface area contributed by atoms with Crippen LogP contribution in [-0.4, -0.2) is 65.8 Å². The largest absolute Gasteiger partial charge is 0.494 e. The Kier molecular flexibility index (Phi) is 6.95. The molecule has 194 valence electrons. The van der Waals surface area contributed by atoms with Gasteiger partial charge in [0, 0.05) is 49.9 Å². The van der Waals surface area contributed by atoms with Gasteiger partial charge in [-0.05, 0) is 30.3 Å². The number of para-hydroxylation sites is 1. The number of nitrogens with zero attached hydrogens (tertiary/aromatic N) is 3. The number of carbonyl (C=O) groups excluding carboxylic acids is 1. The summed E-state index contributed by atoms with van der Waals surface area (Å²) in [6.07, 6.45) is 2.47. The molecule has 0 bridgehead atoms. The molecule has 3 heterocycles. The summed E-state index contributed by atoms with van der Waals surface area (Å²) in [5.41, 5.74) is 4.03. The molecule has 1 saturated heterocycles. The molecule has 1 fully saturated rings. The number of piperazine rings is 1. The van der Waals surface area contributed by atoms with Crippen molar-refractivity contribution in [3.8, 4) is 28.4 Å². The van der Waals surface area contributed by atoms with Gasteiger partial charge in [-0.2, -0.15) is 0 Å². The van der Waals surface area contributed by atoms with Crippen LogP contribution in [-0.2, 0) is 0 Å². The second-order valence-corrected chi connectivity index (χ2v) is 9.44. The van der Waals surface area contributed by atoms with Gasteiger partial charge in [0.15, 0.2) is 5.69 Å². The van der Waals surface area contributed by atoms with Crippen LogP contribution in [0.3, 0.4) is 0 Å². The van der Waals surface area contributed by atoms with E-state index in [0.29, 0.717) is 25.5 Å². The number of aromatic nitrogens is 2. The summed E-state index contributed by atoms with van der Waals surface area (Å²) in [5, 5.41) is 6.83. The molecule has 2 N–H and O–H groups in total. The number of ether oxygens (including phenoxy) is 2. The fourth-order valence-electron chi connectivity index (χ4n) is 5.10. The zero-order chi connectivity index (χ0) is 25.7. The van der Waals surface area contributed by atoms with Gasteiger partial charge in [0.25, 0.3) is 5.91 Å². The average molecular weight is 510 g/mol. The Morgan fingerprint density at radius 2 is 1.84 bits per heavy atom. The van der Waals surface area contributed by atoms with Crippen LogP contribution in [0.2, 0.25) is 0 Å². The summed E-state index contributed by atoms with van der Waals surface area (Å²) in [5.74, 6) is 1.61. The molecule has 1 amide bonds. The average Bonchev–Trinajstić information content (AvgIpc) is 3.43. The highest BCUT2D eigenvalue weighted by molar-refractivity contribution is 5.99. The van der Waals surface area contributed by atoms with Gasteiger partial charge in [-0.25, -0.2) is 4.98 Å². The molecule has 0 aliphatic carbocycles. The fourth-order valence-corrected chi connectivity index (χ4v) is 5.10. The van der Waals surface area contributed by atoms with Gasteiger partial charge in [0.2, 0.25) is 0 Å². The Hall–Kier alpha value is -4.30. The maximum absolute atomic E-state index is 14.1. The normalized spacial score (nSPS) is 16.7. The van der Waals surface area contributed by atoms with Gasteiger partial charge in [-0.1, -0.05) is 48.5 Å². The number of nitrogens with one attached hydrogen (secondary N) is 2. The molecule has 8 nitrogen and oxygen atoms in total. The van der Waals surface area contributed by atoms with E-state index in [9.17, 15) is 4.79 Å². The number of benzene rings is 3. The topological polar surface area (TPSA) is 80.7 Å². The van der Waals surface area contributed by atoms with E-state index in [4.69, 9.17) is 9.47 Å². The van der Waals surface area contributed by atoms with Crippen LogP contribution >= 0.6 is 0 Å². The van der Waals surface area contributed by atoms with E-state index < -0.39 is 0 Å². The van der Waals surface area contributed by atoms with E-state index in [-0.39, 0.29) is 11.9 Å². The molecule has 1 aromatic heterocycles. The number of imidazole rings is 1. The number of amides is 1. The van der Waals surface area contributed by atoms with Crippen LogP contribution in [0.25, 0.3) is 16.9 Å². The number of hydrogen-bond donors (Lipinski definition) is 2. The minimum atomic E-state index is -0.0618. The molecule has 0 unspecified atom stereocenters. The molecule has 1 atom stereocenters. The third-order valence-corrected chi connectivity index (χ3v) is 7.01. The summed E-state index contributed by atoms with van der Waals surface area (Å²) in [7, 11) is 0. The summed E-state index contributed by atoms with van der Waals surface area (Å²) >= 11 is 0. The fraction of sp³-hybridized carbons (Fsp3) is 0.267. The molecular formula is C30H31N5O3. The molecule has 8 heteroatoms. The van der Waals surface area contributed by atoms with Crippen LogP contribution in [0, 0.1) is 0 Å². The molecule has 3 aromatic carbocycles. The first-order valence-corrected chi connectivity index (χ1v) is 13.1. The molecule has 0 radical (unpaired) electrons. The Bertz CT molecular complexity index is 1390. The lowest BCUT2D eigenvalue weighted by molar-refractivity contribution is 0.0601. The highest BCUT2D eigenvalue weighted by Gasteiger charge is 2.31. The van der Waals surface area contributed by atoms with Crippen LogP contribution < -0.4 is 20.1 Å². The van der Waals surface area contributed by atoms with Crippen molar-refractivity contribution in [1.29, 1.82) is 0 Å². The van der Waals surface area contributed by atoms with Gasteiger partial charge in [0.1, 0.15) is 24.4 Å². The first kappa shape index (κ1) is 24.1. The van der Waals surface area contributed by atoms with Crippen LogP contribution in [0.1, 0.15) is 16.9 Å². The maximum Gasteiger partial charge on any atom is 0.275 e. The van der Waals surface area contributed by atoms with Crippen molar-refractivity contribution < 1.29 is 14.3 Å². The van der Waals surface area contributed by atoms with E-state index in [1.165, 1.54) is 0 Å². The number of fused-ring (bicyclic) bond motifs is 1. The lowest BCUT2D eigenvalue weighted by atomic mass is 10.1. The number of rotatable bonds is 7. The Morgan fingerprint density at radius 1 is 1.03 bits per heavy atom. The van der Waals surface area contributed by atoms with E-state index in [0.717, 1.165) is 60.2 Å². The standard InChI is InChI=1S/C30H31N5O3/c36-30(34-16-14-31-20-24(34)13-17-37-25-9-5-2-6-10-25)28-29(22-7-3-1-4-8-22)35(21-33-28)23-11-12-27-26(19-23)32-15-18-38-27/h1-12,19,21,24,31-32H,13-18,20H2/t24-/m1/s1.